The van der Waals surface area contributed by atoms with Crippen LogP contribution in [0.1, 0.15) is 27.7 Å². The lowest BCUT2D eigenvalue weighted by Crippen LogP contribution is -2.49. The lowest BCUT2D eigenvalue weighted by molar-refractivity contribution is -0.122. The van der Waals surface area contributed by atoms with Crippen LogP contribution in [0, 0.1) is 5.82 Å². The van der Waals surface area contributed by atoms with Gasteiger partial charge in [0.2, 0.25) is 5.91 Å². The lowest BCUT2D eigenvalue weighted by atomic mass is 10.1. The number of guanidine groups is 1. The molecule has 1 aromatic carbocycles. The summed E-state index contributed by atoms with van der Waals surface area (Å²) in [5.41, 5.74) is -0.304. The summed E-state index contributed by atoms with van der Waals surface area (Å²) in [5.74, 6) is 0.529. The second-order valence-corrected chi connectivity index (χ2v) is 7.27. The van der Waals surface area contributed by atoms with Crippen molar-refractivity contribution in [3.63, 3.8) is 0 Å². The Bertz CT molecular complexity index is 621. The first-order valence-electron chi connectivity index (χ1n) is 8.97. The highest BCUT2D eigenvalue weighted by Crippen LogP contribution is 2.11. The number of amides is 1. The lowest BCUT2D eigenvalue weighted by Gasteiger charge is -2.25. The van der Waals surface area contributed by atoms with Crippen LogP contribution in [-0.4, -0.2) is 66.8 Å². The van der Waals surface area contributed by atoms with Gasteiger partial charge in [-0.1, -0.05) is 0 Å². The number of aliphatic hydroxyl groups excluding tert-OH is 1. The van der Waals surface area contributed by atoms with Gasteiger partial charge in [-0.3, -0.25) is 9.79 Å². The number of hydrogen-bond donors (Lipinski definition) is 3. The van der Waals surface area contributed by atoms with Crippen molar-refractivity contribution in [2.75, 3.05) is 33.3 Å². The van der Waals surface area contributed by atoms with E-state index in [0.29, 0.717) is 18.3 Å². The highest BCUT2D eigenvalue weighted by Gasteiger charge is 2.17. The number of nitrogens with one attached hydrogen (secondary N) is 2. The quantitative estimate of drug-likeness (QED) is 0.283. The van der Waals surface area contributed by atoms with E-state index in [4.69, 9.17) is 4.74 Å². The van der Waals surface area contributed by atoms with E-state index in [0.717, 1.165) is 0 Å². The Labute approximate surface area is 183 Å². The number of likely N-dealkylation sites (N-methyl/N-ethyl adjacent to an activating group) is 1. The molecule has 0 aliphatic heterocycles. The van der Waals surface area contributed by atoms with E-state index in [1.165, 1.54) is 24.3 Å². The van der Waals surface area contributed by atoms with Crippen molar-refractivity contribution in [1.82, 2.24) is 15.5 Å². The highest BCUT2D eigenvalue weighted by molar-refractivity contribution is 14.0. The predicted octanol–water partition coefficient (Wildman–Crippen LogP) is 2.00. The summed E-state index contributed by atoms with van der Waals surface area (Å²) >= 11 is 0. The van der Waals surface area contributed by atoms with Gasteiger partial charge in [0.05, 0.1) is 13.1 Å². The van der Waals surface area contributed by atoms with Gasteiger partial charge >= 0.3 is 0 Å². The summed E-state index contributed by atoms with van der Waals surface area (Å²) in [6.07, 6.45) is -0.833. The zero-order chi connectivity index (χ0) is 20.4. The maximum atomic E-state index is 12.9. The van der Waals surface area contributed by atoms with Gasteiger partial charge in [-0.2, -0.15) is 0 Å². The molecule has 1 unspecified atom stereocenters. The van der Waals surface area contributed by atoms with Crippen LogP contribution in [-0.2, 0) is 4.79 Å². The molecule has 1 amide bonds. The van der Waals surface area contributed by atoms with Crippen molar-refractivity contribution in [3.05, 3.63) is 30.1 Å². The molecule has 9 heteroatoms. The minimum absolute atomic E-state index is 0. The van der Waals surface area contributed by atoms with Gasteiger partial charge in [-0.25, -0.2) is 4.39 Å². The fourth-order valence-electron chi connectivity index (χ4n) is 2.19. The number of ether oxygens (including phenoxy) is 1. The number of carbonyl (C=O) groups is 1. The van der Waals surface area contributed by atoms with Gasteiger partial charge in [0.25, 0.3) is 0 Å². The topological polar surface area (TPSA) is 86.2 Å². The Morgan fingerprint density at radius 3 is 2.46 bits per heavy atom. The molecule has 0 saturated heterocycles. The molecule has 0 aliphatic rings. The van der Waals surface area contributed by atoms with Gasteiger partial charge in [-0.05, 0) is 52.0 Å². The Morgan fingerprint density at radius 1 is 1.32 bits per heavy atom. The SMILES string of the molecule is CCNC(=NCC(O)COc1ccc(F)cc1)N(C)CC(=O)NC(C)(C)C.I. The number of nitrogens with zero attached hydrogens (tertiary/aromatic N) is 2. The van der Waals surface area contributed by atoms with Gasteiger partial charge < -0.3 is 25.4 Å². The van der Waals surface area contributed by atoms with Crippen molar-refractivity contribution in [3.8, 4) is 5.75 Å². The molecular formula is C19H32FIN4O3. The normalized spacial score (nSPS) is 12.6. The summed E-state index contributed by atoms with van der Waals surface area (Å²) in [7, 11) is 1.76. The standard InChI is InChI=1S/C19H31FN4O3.HI/c1-6-21-18(24(5)12-17(26)23-19(2,3)4)22-11-15(25)13-27-16-9-7-14(20)8-10-16;/h7-10,15,25H,6,11-13H2,1-5H3,(H,21,22)(H,23,26);1H. The molecule has 28 heavy (non-hydrogen) atoms. The Morgan fingerprint density at radius 2 is 1.93 bits per heavy atom. The average Bonchev–Trinajstić information content (AvgIpc) is 2.56. The van der Waals surface area contributed by atoms with E-state index >= 15 is 0 Å². The van der Waals surface area contributed by atoms with Crippen LogP contribution in [0.5, 0.6) is 5.75 Å². The predicted molar refractivity (Wildman–Crippen MR) is 120 cm³/mol. The average molecular weight is 510 g/mol. The number of rotatable bonds is 8. The molecule has 0 fully saturated rings. The van der Waals surface area contributed by atoms with Crippen LogP contribution in [0.4, 0.5) is 4.39 Å². The number of benzene rings is 1. The summed E-state index contributed by atoms with van der Waals surface area (Å²) in [5, 5.41) is 16.1. The van der Waals surface area contributed by atoms with Gasteiger partial charge in [0.15, 0.2) is 5.96 Å². The van der Waals surface area contributed by atoms with E-state index in [2.05, 4.69) is 15.6 Å². The summed E-state index contributed by atoms with van der Waals surface area (Å²) in [4.78, 5) is 18.1. The molecule has 0 saturated carbocycles. The van der Waals surface area contributed by atoms with Crippen molar-refractivity contribution in [1.29, 1.82) is 0 Å². The molecule has 7 nitrogen and oxygen atoms in total. The molecule has 0 aliphatic carbocycles. The molecule has 1 aromatic rings. The summed E-state index contributed by atoms with van der Waals surface area (Å²) in [6.45, 7) is 8.59. The van der Waals surface area contributed by atoms with Crippen LogP contribution in [0.3, 0.4) is 0 Å². The first-order chi connectivity index (χ1) is 12.6. The van der Waals surface area contributed by atoms with Gasteiger partial charge in [0.1, 0.15) is 24.3 Å². The molecule has 0 heterocycles. The van der Waals surface area contributed by atoms with Crippen molar-refractivity contribution in [2.45, 2.75) is 39.3 Å². The third-order valence-electron chi connectivity index (χ3n) is 3.30. The van der Waals surface area contributed by atoms with Crippen molar-refractivity contribution >= 4 is 35.8 Å². The number of hydrogen-bond acceptors (Lipinski definition) is 4. The molecule has 160 valence electrons. The van der Waals surface area contributed by atoms with Crippen LogP contribution in [0.2, 0.25) is 0 Å². The van der Waals surface area contributed by atoms with E-state index in [1.807, 2.05) is 27.7 Å². The second-order valence-electron chi connectivity index (χ2n) is 7.27. The van der Waals surface area contributed by atoms with Crippen molar-refractivity contribution < 1.29 is 19.0 Å². The van der Waals surface area contributed by atoms with Gasteiger partial charge in [-0.15, -0.1) is 24.0 Å². The zero-order valence-electron chi connectivity index (χ0n) is 17.2. The van der Waals surface area contributed by atoms with E-state index in [-0.39, 0.29) is 60.9 Å². The maximum Gasteiger partial charge on any atom is 0.240 e. The number of carbonyl (C=O) groups excluding carboxylic acids is 1. The minimum atomic E-state index is -0.833. The second kappa shape index (κ2) is 12.8. The smallest absolute Gasteiger partial charge is 0.240 e. The number of aliphatic hydroxyl groups is 1. The monoisotopic (exact) mass is 510 g/mol. The first-order valence-corrected chi connectivity index (χ1v) is 8.97. The Balaban J connectivity index is 0.00000729. The van der Waals surface area contributed by atoms with Crippen molar-refractivity contribution in [2.24, 2.45) is 4.99 Å². The molecular weight excluding hydrogens is 478 g/mol. The molecule has 1 atom stereocenters. The zero-order valence-corrected chi connectivity index (χ0v) is 19.5. The van der Waals surface area contributed by atoms with Gasteiger partial charge in [0, 0.05) is 19.1 Å². The van der Waals surface area contributed by atoms with E-state index in [1.54, 1.807) is 11.9 Å². The molecule has 3 N–H and O–H groups in total. The molecule has 0 bridgehead atoms. The molecule has 0 spiro atoms. The fraction of sp³-hybridized carbons (Fsp3) is 0.579. The van der Waals surface area contributed by atoms with Crippen LogP contribution in [0.15, 0.2) is 29.3 Å². The van der Waals surface area contributed by atoms with Crippen LogP contribution in [0.25, 0.3) is 0 Å². The van der Waals surface area contributed by atoms with Crippen LogP contribution >= 0.6 is 24.0 Å². The van der Waals surface area contributed by atoms with E-state index in [9.17, 15) is 14.3 Å². The van der Waals surface area contributed by atoms with Crippen LogP contribution < -0.4 is 15.4 Å². The Kier molecular flexibility index (Phi) is 12.0. The fourth-order valence-corrected chi connectivity index (χ4v) is 2.19. The first kappa shape index (κ1) is 26.4. The molecule has 0 aromatic heterocycles. The Hall–Kier alpha value is -1.62. The molecule has 1 rings (SSSR count). The summed E-state index contributed by atoms with van der Waals surface area (Å²) < 4.78 is 18.3. The largest absolute Gasteiger partial charge is 0.491 e. The molecule has 0 radical (unpaired) electrons. The third kappa shape index (κ3) is 11.3. The number of aliphatic imine (C=N–C) groups is 1. The van der Waals surface area contributed by atoms with E-state index < -0.39 is 6.10 Å². The number of halogens is 2. The minimum Gasteiger partial charge on any atom is -0.491 e. The summed E-state index contributed by atoms with van der Waals surface area (Å²) in [6, 6.07) is 5.58. The maximum absolute atomic E-state index is 12.9. The highest BCUT2D eigenvalue weighted by atomic mass is 127. The third-order valence-corrected chi connectivity index (χ3v) is 3.30.